The van der Waals surface area contributed by atoms with E-state index in [1.54, 1.807) is 0 Å². The van der Waals surface area contributed by atoms with Gasteiger partial charge in [-0.3, -0.25) is 0 Å². The van der Waals surface area contributed by atoms with Crippen LogP contribution in [-0.2, 0) is 4.74 Å². The van der Waals surface area contributed by atoms with E-state index in [4.69, 9.17) is 4.74 Å². The summed E-state index contributed by atoms with van der Waals surface area (Å²) in [5.41, 5.74) is 0.363. The second-order valence-corrected chi connectivity index (χ2v) is 6.32. The lowest BCUT2D eigenvalue weighted by Gasteiger charge is -2.47. The number of benzene rings is 1. The summed E-state index contributed by atoms with van der Waals surface area (Å²) in [5.74, 6) is -1.13. The summed E-state index contributed by atoms with van der Waals surface area (Å²) >= 11 is 3.21. The second-order valence-electron chi connectivity index (χ2n) is 5.46. The molecule has 1 aliphatic carbocycles. The minimum absolute atomic E-state index is 0.0128. The van der Waals surface area contributed by atoms with Crippen molar-refractivity contribution in [1.29, 1.82) is 0 Å². The Hall–Kier alpha value is -0.680. The molecule has 1 N–H and O–H groups in total. The van der Waals surface area contributed by atoms with Gasteiger partial charge in [0.1, 0.15) is 11.6 Å². The average Bonchev–Trinajstić information content (AvgIpc) is 2.32. The third-order valence-electron chi connectivity index (χ3n) is 4.11. The molecule has 1 spiro atoms. The fourth-order valence-corrected chi connectivity index (χ4v) is 3.48. The lowest BCUT2D eigenvalue weighted by molar-refractivity contribution is -0.130. The summed E-state index contributed by atoms with van der Waals surface area (Å²) in [5, 5.41) is 3.20. The summed E-state index contributed by atoms with van der Waals surface area (Å²) in [6.45, 7) is 0.706. The maximum Gasteiger partial charge on any atom is 0.150 e. The predicted molar refractivity (Wildman–Crippen MR) is 73.2 cm³/mol. The van der Waals surface area contributed by atoms with Gasteiger partial charge in [-0.25, -0.2) is 8.78 Å². The lowest BCUT2D eigenvalue weighted by Crippen LogP contribution is -2.49. The Morgan fingerprint density at radius 1 is 1.32 bits per heavy atom. The molecule has 2 aliphatic rings. The van der Waals surface area contributed by atoms with E-state index in [1.807, 2.05) is 0 Å². The van der Waals surface area contributed by atoms with Gasteiger partial charge >= 0.3 is 0 Å². The minimum Gasteiger partial charge on any atom is -0.379 e. The maximum absolute atomic E-state index is 13.8. The van der Waals surface area contributed by atoms with Crippen molar-refractivity contribution >= 4 is 21.6 Å². The van der Waals surface area contributed by atoms with Crippen molar-refractivity contribution in [1.82, 2.24) is 0 Å². The van der Waals surface area contributed by atoms with Crippen molar-refractivity contribution in [3.63, 3.8) is 0 Å². The van der Waals surface area contributed by atoms with Gasteiger partial charge < -0.3 is 10.1 Å². The molecular formula is C14H16BrF2NO. The molecule has 1 aromatic carbocycles. The van der Waals surface area contributed by atoms with Crippen LogP contribution in [0.5, 0.6) is 0 Å². The van der Waals surface area contributed by atoms with Crippen LogP contribution < -0.4 is 5.32 Å². The van der Waals surface area contributed by atoms with E-state index in [0.717, 1.165) is 31.7 Å². The van der Waals surface area contributed by atoms with Gasteiger partial charge in [0.25, 0.3) is 0 Å². The van der Waals surface area contributed by atoms with E-state index in [9.17, 15) is 8.78 Å². The highest BCUT2D eigenvalue weighted by Crippen LogP contribution is 2.43. The molecule has 3 rings (SSSR count). The molecule has 1 saturated carbocycles. The molecule has 1 aliphatic heterocycles. The predicted octanol–water partition coefficient (Wildman–Crippen LogP) is 4.24. The van der Waals surface area contributed by atoms with Crippen molar-refractivity contribution in [2.24, 2.45) is 0 Å². The standard InChI is InChI=1S/C14H16BrF2NO/c15-11-6-9(16)7-12(17)13(11)18-10-2-5-19-14(8-10)3-1-4-14/h6-7,10,18H,1-5,8H2. The summed E-state index contributed by atoms with van der Waals surface area (Å²) in [6.07, 6.45) is 5.15. The highest BCUT2D eigenvalue weighted by Gasteiger charge is 2.42. The van der Waals surface area contributed by atoms with Crippen molar-refractivity contribution in [3.05, 3.63) is 28.2 Å². The van der Waals surface area contributed by atoms with Crippen LogP contribution in [0.2, 0.25) is 0 Å². The Kier molecular flexibility index (Phi) is 3.52. The molecule has 5 heteroatoms. The third-order valence-corrected chi connectivity index (χ3v) is 4.74. The molecule has 1 heterocycles. The Labute approximate surface area is 119 Å². The number of anilines is 1. The molecule has 0 radical (unpaired) electrons. The number of ether oxygens (including phenoxy) is 1. The van der Waals surface area contributed by atoms with Gasteiger partial charge in [0.2, 0.25) is 0 Å². The summed E-state index contributed by atoms with van der Waals surface area (Å²) in [6, 6.07) is 2.38. The SMILES string of the molecule is Fc1cc(F)c(NC2CCOC3(CCC3)C2)c(Br)c1. The van der Waals surface area contributed by atoms with Gasteiger partial charge in [0.05, 0.1) is 11.3 Å². The molecule has 0 amide bonds. The Morgan fingerprint density at radius 2 is 2.11 bits per heavy atom. The zero-order valence-corrected chi connectivity index (χ0v) is 12.1. The first-order valence-corrected chi connectivity index (χ1v) is 7.42. The van der Waals surface area contributed by atoms with Crippen molar-refractivity contribution in [2.45, 2.75) is 43.7 Å². The number of halogens is 3. The molecule has 2 fully saturated rings. The third kappa shape index (κ3) is 2.63. The normalized spacial score (nSPS) is 25.1. The maximum atomic E-state index is 13.8. The van der Waals surface area contributed by atoms with E-state index in [1.165, 1.54) is 12.5 Å². The average molecular weight is 332 g/mol. The first-order chi connectivity index (χ1) is 9.08. The minimum atomic E-state index is -0.572. The summed E-state index contributed by atoms with van der Waals surface area (Å²) in [4.78, 5) is 0. The van der Waals surface area contributed by atoms with E-state index >= 15 is 0 Å². The lowest BCUT2D eigenvalue weighted by atomic mass is 9.74. The number of hydrogen-bond acceptors (Lipinski definition) is 2. The first kappa shape index (κ1) is 13.3. The number of rotatable bonds is 2. The summed E-state index contributed by atoms with van der Waals surface area (Å²) in [7, 11) is 0. The monoisotopic (exact) mass is 331 g/mol. The van der Waals surface area contributed by atoms with Gasteiger partial charge in [-0.2, -0.15) is 0 Å². The fraction of sp³-hybridized carbons (Fsp3) is 0.571. The quantitative estimate of drug-likeness (QED) is 0.875. The molecule has 104 valence electrons. The van der Waals surface area contributed by atoms with E-state index in [0.29, 0.717) is 16.8 Å². The molecule has 1 atom stereocenters. The van der Waals surface area contributed by atoms with Gasteiger partial charge in [-0.05, 0) is 54.1 Å². The van der Waals surface area contributed by atoms with Crippen LogP contribution in [0, 0.1) is 11.6 Å². The van der Waals surface area contributed by atoms with Gasteiger partial charge in [-0.15, -0.1) is 0 Å². The first-order valence-electron chi connectivity index (χ1n) is 6.63. The molecule has 0 bridgehead atoms. The Bertz CT molecular complexity index is 467. The van der Waals surface area contributed by atoms with Crippen LogP contribution in [0.1, 0.15) is 32.1 Å². The zero-order chi connectivity index (χ0) is 13.5. The van der Waals surface area contributed by atoms with Gasteiger partial charge in [-0.1, -0.05) is 0 Å². The van der Waals surface area contributed by atoms with Crippen molar-refractivity contribution in [2.75, 3.05) is 11.9 Å². The van der Waals surface area contributed by atoms with Gasteiger partial charge in [0, 0.05) is 23.2 Å². The molecular weight excluding hydrogens is 316 g/mol. The largest absolute Gasteiger partial charge is 0.379 e. The smallest absolute Gasteiger partial charge is 0.150 e. The summed E-state index contributed by atoms with van der Waals surface area (Å²) < 4.78 is 33.1. The highest BCUT2D eigenvalue weighted by molar-refractivity contribution is 9.10. The van der Waals surface area contributed by atoms with Crippen molar-refractivity contribution in [3.8, 4) is 0 Å². The van der Waals surface area contributed by atoms with Crippen LogP contribution in [0.4, 0.5) is 14.5 Å². The van der Waals surface area contributed by atoms with Crippen LogP contribution in [0.25, 0.3) is 0 Å². The molecule has 1 saturated heterocycles. The van der Waals surface area contributed by atoms with Crippen LogP contribution in [-0.4, -0.2) is 18.2 Å². The van der Waals surface area contributed by atoms with Crippen molar-refractivity contribution < 1.29 is 13.5 Å². The van der Waals surface area contributed by atoms with Crippen LogP contribution >= 0.6 is 15.9 Å². The topological polar surface area (TPSA) is 21.3 Å². The highest BCUT2D eigenvalue weighted by atomic mass is 79.9. The Balaban J connectivity index is 1.74. The molecule has 1 unspecified atom stereocenters. The zero-order valence-electron chi connectivity index (χ0n) is 10.5. The Morgan fingerprint density at radius 3 is 2.74 bits per heavy atom. The fourth-order valence-electron chi connectivity index (χ4n) is 2.95. The van der Waals surface area contributed by atoms with E-state index < -0.39 is 11.6 Å². The molecule has 0 aromatic heterocycles. The molecule has 2 nitrogen and oxygen atoms in total. The molecule has 19 heavy (non-hydrogen) atoms. The van der Waals surface area contributed by atoms with Crippen LogP contribution in [0.15, 0.2) is 16.6 Å². The van der Waals surface area contributed by atoms with Gasteiger partial charge in [0.15, 0.2) is 0 Å². The van der Waals surface area contributed by atoms with E-state index in [2.05, 4.69) is 21.2 Å². The number of hydrogen-bond donors (Lipinski definition) is 1. The van der Waals surface area contributed by atoms with E-state index in [-0.39, 0.29) is 11.6 Å². The molecule has 1 aromatic rings. The second kappa shape index (κ2) is 5.02. The number of nitrogens with one attached hydrogen (secondary N) is 1. The van der Waals surface area contributed by atoms with Crippen LogP contribution in [0.3, 0.4) is 0 Å².